The van der Waals surface area contributed by atoms with Crippen molar-refractivity contribution in [3.05, 3.63) is 47.3 Å². The fourth-order valence-corrected chi connectivity index (χ4v) is 2.19. The van der Waals surface area contributed by atoms with E-state index in [1.165, 1.54) is 16.6 Å². The molecule has 0 fully saturated rings. The van der Waals surface area contributed by atoms with Crippen molar-refractivity contribution in [3.63, 3.8) is 0 Å². The first-order chi connectivity index (χ1) is 8.69. The average molecular weight is 239 g/mol. The van der Waals surface area contributed by atoms with Gasteiger partial charge in [-0.2, -0.15) is 0 Å². The maximum absolute atomic E-state index is 10.6. The third-order valence-electron chi connectivity index (χ3n) is 3.34. The maximum Gasteiger partial charge on any atom is 0.185 e. The summed E-state index contributed by atoms with van der Waals surface area (Å²) in [6.07, 6.45) is 0.716. The number of aromatic nitrogens is 1. The molecular formula is C15H13NO2. The van der Waals surface area contributed by atoms with Gasteiger partial charge in [0.15, 0.2) is 12.0 Å². The number of aryl methyl sites for hydroxylation is 2. The Labute approximate surface area is 104 Å². The van der Waals surface area contributed by atoms with E-state index in [9.17, 15) is 4.79 Å². The minimum absolute atomic E-state index is 0.354. The Balaban J connectivity index is 2.17. The summed E-state index contributed by atoms with van der Waals surface area (Å²) in [6.45, 7) is 4.16. The van der Waals surface area contributed by atoms with E-state index >= 15 is 0 Å². The summed E-state index contributed by atoms with van der Waals surface area (Å²) in [5, 5.41) is 1.19. The number of nitrogens with one attached hydrogen (secondary N) is 1. The van der Waals surface area contributed by atoms with Crippen molar-refractivity contribution in [3.8, 4) is 11.3 Å². The zero-order valence-corrected chi connectivity index (χ0v) is 10.3. The molecular weight excluding hydrogens is 226 g/mol. The van der Waals surface area contributed by atoms with Gasteiger partial charge in [0.25, 0.3) is 0 Å². The van der Waals surface area contributed by atoms with Crippen LogP contribution in [0.3, 0.4) is 0 Å². The molecule has 0 unspecified atom stereocenters. The standard InChI is InChI=1S/C15H13NO2/c1-9-10(2)16-14-5-3-11(7-13(9)14)15-6-4-12(8-17)18-15/h3-8,16H,1-2H3. The van der Waals surface area contributed by atoms with Crippen molar-refractivity contribution >= 4 is 17.2 Å². The molecule has 2 heterocycles. The summed E-state index contributed by atoms with van der Waals surface area (Å²) < 4.78 is 5.44. The van der Waals surface area contributed by atoms with Crippen LogP contribution in [0.1, 0.15) is 21.8 Å². The average Bonchev–Trinajstić information content (AvgIpc) is 2.96. The van der Waals surface area contributed by atoms with Crippen LogP contribution in [-0.4, -0.2) is 11.3 Å². The van der Waals surface area contributed by atoms with Crippen LogP contribution in [0.2, 0.25) is 0 Å². The molecule has 3 nitrogen and oxygen atoms in total. The second kappa shape index (κ2) is 3.88. The lowest BCUT2D eigenvalue weighted by atomic mass is 10.1. The number of H-pyrrole nitrogens is 1. The van der Waals surface area contributed by atoms with Gasteiger partial charge in [0.05, 0.1) is 0 Å². The second-order valence-electron chi connectivity index (χ2n) is 4.46. The monoisotopic (exact) mass is 239 g/mol. The molecule has 2 aromatic heterocycles. The molecule has 3 rings (SSSR count). The van der Waals surface area contributed by atoms with E-state index in [-0.39, 0.29) is 0 Å². The zero-order valence-electron chi connectivity index (χ0n) is 10.3. The molecule has 18 heavy (non-hydrogen) atoms. The van der Waals surface area contributed by atoms with Crippen molar-refractivity contribution in [2.45, 2.75) is 13.8 Å². The first-order valence-electron chi connectivity index (χ1n) is 5.83. The van der Waals surface area contributed by atoms with Crippen LogP contribution in [0, 0.1) is 13.8 Å². The third kappa shape index (κ3) is 1.56. The largest absolute Gasteiger partial charge is 0.453 e. The number of carbonyl (C=O) groups is 1. The van der Waals surface area contributed by atoms with Gasteiger partial charge in [0, 0.05) is 22.2 Å². The molecule has 0 spiro atoms. The van der Waals surface area contributed by atoms with Gasteiger partial charge in [-0.05, 0) is 49.7 Å². The summed E-state index contributed by atoms with van der Waals surface area (Å²) in [6, 6.07) is 9.61. The summed E-state index contributed by atoms with van der Waals surface area (Å²) in [7, 11) is 0. The molecule has 0 saturated heterocycles. The highest BCUT2D eigenvalue weighted by molar-refractivity contribution is 5.88. The SMILES string of the molecule is Cc1[nH]c2ccc(-c3ccc(C=O)o3)cc2c1C. The number of fused-ring (bicyclic) bond motifs is 1. The number of aromatic amines is 1. The van der Waals surface area contributed by atoms with Crippen LogP contribution in [0.5, 0.6) is 0 Å². The van der Waals surface area contributed by atoms with Crippen molar-refractivity contribution in [1.29, 1.82) is 0 Å². The Morgan fingerprint density at radius 3 is 2.72 bits per heavy atom. The predicted octanol–water partition coefficient (Wildman–Crippen LogP) is 3.86. The van der Waals surface area contributed by atoms with Crippen molar-refractivity contribution in [1.82, 2.24) is 4.98 Å². The van der Waals surface area contributed by atoms with Gasteiger partial charge >= 0.3 is 0 Å². The van der Waals surface area contributed by atoms with Gasteiger partial charge in [0.2, 0.25) is 0 Å². The summed E-state index contributed by atoms with van der Waals surface area (Å²) >= 11 is 0. The summed E-state index contributed by atoms with van der Waals surface area (Å²) in [5.41, 5.74) is 4.53. The lowest BCUT2D eigenvalue weighted by molar-refractivity contribution is 0.110. The number of hydrogen-bond acceptors (Lipinski definition) is 2. The number of benzene rings is 1. The van der Waals surface area contributed by atoms with Crippen molar-refractivity contribution < 1.29 is 9.21 Å². The molecule has 3 aromatic rings. The lowest BCUT2D eigenvalue weighted by Gasteiger charge is -1.98. The molecule has 3 heteroatoms. The van der Waals surface area contributed by atoms with Gasteiger partial charge in [-0.15, -0.1) is 0 Å². The second-order valence-corrected chi connectivity index (χ2v) is 4.46. The zero-order chi connectivity index (χ0) is 12.7. The highest BCUT2D eigenvalue weighted by atomic mass is 16.3. The predicted molar refractivity (Wildman–Crippen MR) is 70.9 cm³/mol. The number of hydrogen-bond donors (Lipinski definition) is 1. The minimum Gasteiger partial charge on any atom is -0.453 e. The van der Waals surface area contributed by atoms with E-state index in [4.69, 9.17) is 4.42 Å². The Morgan fingerprint density at radius 1 is 1.17 bits per heavy atom. The van der Waals surface area contributed by atoms with Crippen LogP contribution in [0.25, 0.3) is 22.2 Å². The number of furan rings is 1. The summed E-state index contributed by atoms with van der Waals surface area (Å²) in [4.78, 5) is 14.0. The molecule has 0 aliphatic rings. The minimum atomic E-state index is 0.354. The van der Waals surface area contributed by atoms with Gasteiger partial charge in [-0.25, -0.2) is 0 Å². The normalized spacial score (nSPS) is 11.0. The van der Waals surface area contributed by atoms with Gasteiger partial charge < -0.3 is 9.40 Å². The van der Waals surface area contributed by atoms with E-state index in [0.29, 0.717) is 12.0 Å². The van der Waals surface area contributed by atoms with Crippen molar-refractivity contribution in [2.24, 2.45) is 0 Å². The van der Waals surface area contributed by atoms with Crippen LogP contribution >= 0.6 is 0 Å². The number of rotatable bonds is 2. The van der Waals surface area contributed by atoms with E-state index in [1.54, 1.807) is 6.07 Å². The van der Waals surface area contributed by atoms with Crippen LogP contribution in [0.15, 0.2) is 34.7 Å². The highest BCUT2D eigenvalue weighted by Crippen LogP contribution is 2.28. The van der Waals surface area contributed by atoms with Crippen LogP contribution in [-0.2, 0) is 0 Å². The highest BCUT2D eigenvalue weighted by Gasteiger charge is 2.08. The number of carbonyl (C=O) groups excluding carboxylic acids is 1. The first-order valence-corrected chi connectivity index (χ1v) is 5.83. The molecule has 90 valence electrons. The maximum atomic E-state index is 10.6. The summed E-state index contributed by atoms with van der Waals surface area (Å²) in [5.74, 6) is 1.07. The third-order valence-corrected chi connectivity index (χ3v) is 3.34. The molecule has 0 atom stereocenters. The van der Waals surface area contributed by atoms with Crippen LogP contribution < -0.4 is 0 Å². The Hall–Kier alpha value is -2.29. The Kier molecular flexibility index (Phi) is 2.33. The van der Waals surface area contributed by atoms with E-state index in [1.807, 2.05) is 18.2 Å². The molecule has 0 radical (unpaired) electrons. The Morgan fingerprint density at radius 2 is 2.00 bits per heavy atom. The van der Waals surface area contributed by atoms with E-state index in [0.717, 1.165) is 16.8 Å². The van der Waals surface area contributed by atoms with Crippen LogP contribution in [0.4, 0.5) is 0 Å². The van der Waals surface area contributed by atoms with E-state index in [2.05, 4.69) is 24.9 Å². The molecule has 1 aromatic carbocycles. The molecule has 0 saturated carbocycles. The van der Waals surface area contributed by atoms with Gasteiger partial charge in [-0.1, -0.05) is 0 Å². The molecule has 0 aliphatic carbocycles. The van der Waals surface area contributed by atoms with Crippen molar-refractivity contribution in [2.75, 3.05) is 0 Å². The molecule has 1 N–H and O–H groups in total. The Bertz CT molecular complexity index is 734. The smallest absolute Gasteiger partial charge is 0.185 e. The van der Waals surface area contributed by atoms with E-state index < -0.39 is 0 Å². The fourth-order valence-electron chi connectivity index (χ4n) is 2.19. The number of aldehydes is 1. The molecule has 0 bridgehead atoms. The first kappa shape index (κ1) is 10.8. The molecule has 0 aliphatic heterocycles. The fraction of sp³-hybridized carbons (Fsp3) is 0.133. The lowest BCUT2D eigenvalue weighted by Crippen LogP contribution is -1.76. The topological polar surface area (TPSA) is 46.0 Å². The van der Waals surface area contributed by atoms with Gasteiger partial charge in [0.1, 0.15) is 5.76 Å². The molecule has 0 amide bonds. The quantitative estimate of drug-likeness (QED) is 0.690. The van der Waals surface area contributed by atoms with Gasteiger partial charge in [-0.3, -0.25) is 4.79 Å².